The van der Waals surface area contributed by atoms with E-state index in [0.29, 0.717) is 5.56 Å². The molecule has 2 fully saturated rings. The number of rotatable bonds is 9. The first-order valence-corrected chi connectivity index (χ1v) is 18.6. The Labute approximate surface area is 298 Å². The van der Waals surface area contributed by atoms with Gasteiger partial charge >= 0.3 is 5.97 Å². The number of aryl methyl sites for hydroxylation is 2. The van der Waals surface area contributed by atoms with E-state index in [1.54, 1.807) is 0 Å². The monoisotopic (exact) mass is 686 g/mol. The van der Waals surface area contributed by atoms with Crippen molar-refractivity contribution >= 4 is 23.3 Å². The predicted octanol–water partition coefficient (Wildman–Crippen LogP) is 8.74. The van der Waals surface area contributed by atoms with E-state index in [9.17, 15) is 9.90 Å². The molecular formula is C41H55ClN4O3. The summed E-state index contributed by atoms with van der Waals surface area (Å²) >= 11 is 6.62. The second-order valence-electron chi connectivity index (χ2n) is 16.3. The molecule has 2 saturated heterocycles. The number of aliphatic carboxylic acids is 1. The molecule has 7 nitrogen and oxygen atoms in total. The van der Waals surface area contributed by atoms with E-state index in [4.69, 9.17) is 21.3 Å². The summed E-state index contributed by atoms with van der Waals surface area (Å²) in [5, 5.41) is 11.5. The number of halogens is 1. The summed E-state index contributed by atoms with van der Waals surface area (Å²) in [6.07, 6.45) is 4.29. The van der Waals surface area contributed by atoms with Gasteiger partial charge in [0.25, 0.3) is 0 Å². The third-order valence-electron chi connectivity index (χ3n) is 10.8. The van der Waals surface area contributed by atoms with E-state index >= 15 is 0 Å². The molecule has 3 aromatic rings. The molecule has 1 unspecified atom stereocenters. The van der Waals surface area contributed by atoms with Crippen molar-refractivity contribution in [1.29, 1.82) is 0 Å². The quantitative estimate of drug-likeness (QED) is 0.241. The first kappa shape index (κ1) is 35.8. The Hall–Kier alpha value is -2.97. The van der Waals surface area contributed by atoms with Crippen LogP contribution < -0.4 is 4.90 Å². The third kappa shape index (κ3) is 8.17. The van der Waals surface area contributed by atoms with E-state index in [1.807, 2.05) is 39.8 Å². The molecule has 1 aromatic heterocycles. The van der Waals surface area contributed by atoms with Gasteiger partial charge in [0.15, 0.2) is 6.10 Å². The normalized spacial score (nSPS) is 19.2. The van der Waals surface area contributed by atoms with Crippen molar-refractivity contribution in [2.45, 2.75) is 112 Å². The first-order valence-electron chi connectivity index (χ1n) is 18.2. The highest BCUT2D eigenvalue weighted by Gasteiger charge is 2.37. The minimum atomic E-state index is -1.13. The molecule has 0 bridgehead atoms. The molecule has 0 radical (unpaired) electrons. The number of carboxylic acids is 1. The van der Waals surface area contributed by atoms with Crippen molar-refractivity contribution in [3.8, 4) is 11.1 Å². The lowest BCUT2D eigenvalue weighted by atomic mass is 9.81. The van der Waals surface area contributed by atoms with E-state index in [1.165, 1.54) is 35.1 Å². The van der Waals surface area contributed by atoms with Gasteiger partial charge in [0, 0.05) is 61.1 Å². The van der Waals surface area contributed by atoms with Crippen LogP contribution >= 0.6 is 11.6 Å². The number of nitrogens with zero attached hydrogens (tertiary/aromatic N) is 4. The van der Waals surface area contributed by atoms with Crippen LogP contribution in [0.4, 0.5) is 5.69 Å². The Morgan fingerprint density at radius 1 is 0.980 bits per heavy atom. The molecule has 8 heteroatoms. The second-order valence-corrected chi connectivity index (χ2v) is 16.8. The lowest BCUT2D eigenvalue weighted by Gasteiger charge is -2.41. The molecule has 1 atom stereocenters. The summed E-state index contributed by atoms with van der Waals surface area (Å²) in [4.78, 5) is 25.8. The largest absolute Gasteiger partial charge is 0.479 e. The smallest absolute Gasteiger partial charge is 0.337 e. The van der Waals surface area contributed by atoms with Crippen molar-refractivity contribution in [1.82, 2.24) is 14.8 Å². The molecule has 2 aromatic carbocycles. The van der Waals surface area contributed by atoms with Crippen LogP contribution in [0, 0.1) is 19.3 Å². The topological polar surface area (TPSA) is 69.1 Å². The van der Waals surface area contributed by atoms with E-state index < -0.39 is 17.7 Å². The van der Waals surface area contributed by atoms with Gasteiger partial charge in [-0.2, -0.15) is 0 Å². The number of anilines is 1. The van der Waals surface area contributed by atoms with Gasteiger partial charge in [-0.15, -0.1) is 0 Å². The number of benzene rings is 2. The molecular weight excluding hydrogens is 632 g/mol. The zero-order chi connectivity index (χ0) is 35.1. The molecule has 264 valence electrons. The maximum absolute atomic E-state index is 13.1. The molecule has 6 rings (SSSR count). The number of carbonyl (C=O) groups is 1. The highest BCUT2D eigenvalue weighted by atomic mass is 35.5. The van der Waals surface area contributed by atoms with Crippen LogP contribution in [0.25, 0.3) is 11.1 Å². The van der Waals surface area contributed by atoms with Gasteiger partial charge in [0.1, 0.15) is 0 Å². The van der Waals surface area contributed by atoms with Gasteiger partial charge in [-0.05, 0) is 119 Å². The SMILES string of the molecule is Cc1cccc(Cl)c1CN1CCc2cc(-c3c(CN4CCCC4)nc(C)c(C(OC(C)(C)C)C(=O)O)c3N3CCC(C)(C)CC3)ccc2C1. The highest BCUT2D eigenvalue weighted by Crippen LogP contribution is 2.46. The fourth-order valence-electron chi connectivity index (χ4n) is 7.89. The van der Waals surface area contributed by atoms with Crippen molar-refractivity contribution in [2.24, 2.45) is 5.41 Å². The number of hydrogen-bond acceptors (Lipinski definition) is 6. The summed E-state index contributed by atoms with van der Waals surface area (Å²) in [7, 11) is 0. The molecule has 0 aliphatic carbocycles. The lowest BCUT2D eigenvalue weighted by Crippen LogP contribution is -2.39. The van der Waals surface area contributed by atoms with Crippen LogP contribution in [0.5, 0.6) is 0 Å². The standard InChI is InChI=1S/C41H55ClN4O3/c1-27-11-10-12-33(42)32(27)25-45-20-15-29-23-30(13-14-31(29)24-45)36-34(26-44-18-8-9-19-44)43-28(2)35(38(39(47)48)49-40(3,4)5)37(36)46-21-16-41(6,7)17-22-46/h10-14,23,38H,8-9,15-22,24-26H2,1-7H3,(H,47,48). The number of fused-ring (bicyclic) bond motifs is 1. The molecule has 4 heterocycles. The minimum Gasteiger partial charge on any atom is -0.479 e. The number of hydrogen-bond donors (Lipinski definition) is 1. The van der Waals surface area contributed by atoms with E-state index in [0.717, 1.165) is 105 Å². The zero-order valence-corrected chi connectivity index (χ0v) is 31.4. The molecule has 1 N–H and O–H groups in total. The van der Waals surface area contributed by atoms with Gasteiger partial charge in [0.05, 0.1) is 17.0 Å². The summed E-state index contributed by atoms with van der Waals surface area (Å²) in [5.74, 6) is -0.976. The number of carboxylic acid groups (broad SMARTS) is 1. The summed E-state index contributed by atoms with van der Waals surface area (Å²) in [6.45, 7) is 21.8. The molecule has 0 saturated carbocycles. The van der Waals surface area contributed by atoms with Crippen molar-refractivity contribution in [3.05, 3.63) is 80.6 Å². The summed E-state index contributed by atoms with van der Waals surface area (Å²) in [5.41, 5.74) is 10.4. The molecule has 3 aliphatic heterocycles. The highest BCUT2D eigenvalue weighted by molar-refractivity contribution is 6.31. The zero-order valence-electron chi connectivity index (χ0n) is 30.7. The van der Waals surface area contributed by atoms with Gasteiger partial charge in [0.2, 0.25) is 0 Å². The molecule has 49 heavy (non-hydrogen) atoms. The molecule has 0 amide bonds. The average Bonchev–Trinajstić information content (AvgIpc) is 3.54. The minimum absolute atomic E-state index is 0.242. The average molecular weight is 687 g/mol. The van der Waals surface area contributed by atoms with Crippen molar-refractivity contribution in [3.63, 3.8) is 0 Å². The van der Waals surface area contributed by atoms with Crippen LogP contribution in [0.2, 0.25) is 5.02 Å². The Morgan fingerprint density at radius 3 is 2.35 bits per heavy atom. The van der Waals surface area contributed by atoms with E-state index in [2.05, 4.69) is 59.7 Å². The predicted molar refractivity (Wildman–Crippen MR) is 199 cm³/mol. The maximum atomic E-state index is 13.1. The van der Waals surface area contributed by atoms with Crippen LogP contribution in [-0.2, 0) is 35.6 Å². The molecule has 3 aliphatic rings. The number of likely N-dealkylation sites (tertiary alicyclic amines) is 1. The van der Waals surface area contributed by atoms with Gasteiger partial charge in [-0.1, -0.05) is 55.8 Å². The fourth-order valence-corrected chi connectivity index (χ4v) is 8.17. The Balaban J connectivity index is 1.47. The number of pyridine rings is 1. The number of aromatic nitrogens is 1. The lowest BCUT2D eigenvalue weighted by molar-refractivity contribution is -0.160. The number of piperidine rings is 1. The Morgan fingerprint density at radius 2 is 1.69 bits per heavy atom. The van der Waals surface area contributed by atoms with Crippen molar-refractivity contribution in [2.75, 3.05) is 37.6 Å². The third-order valence-corrected chi connectivity index (χ3v) is 11.1. The van der Waals surface area contributed by atoms with Crippen LogP contribution in [0.15, 0.2) is 36.4 Å². The van der Waals surface area contributed by atoms with Crippen LogP contribution in [0.1, 0.15) is 106 Å². The maximum Gasteiger partial charge on any atom is 0.337 e. The molecule has 0 spiro atoms. The fraction of sp³-hybridized carbons (Fsp3) is 0.561. The van der Waals surface area contributed by atoms with Gasteiger partial charge < -0.3 is 14.7 Å². The second kappa shape index (κ2) is 14.3. The number of ether oxygens (including phenoxy) is 1. The Bertz CT molecular complexity index is 1660. The summed E-state index contributed by atoms with van der Waals surface area (Å²) < 4.78 is 6.38. The Kier molecular flexibility index (Phi) is 10.5. The van der Waals surface area contributed by atoms with Crippen LogP contribution in [-0.4, -0.2) is 64.2 Å². The van der Waals surface area contributed by atoms with Gasteiger partial charge in [-0.3, -0.25) is 14.8 Å². The van der Waals surface area contributed by atoms with Crippen molar-refractivity contribution < 1.29 is 14.6 Å². The first-order chi connectivity index (χ1) is 23.2. The van der Waals surface area contributed by atoms with Gasteiger partial charge in [-0.25, -0.2) is 4.79 Å². The van der Waals surface area contributed by atoms with E-state index in [-0.39, 0.29) is 5.41 Å². The van der Waals surface area contributed by atoms with Crippen LogP contribution in [0.3, 0.4) is 0 Å². The summed E-state index contributed by atoms with van der Waals surface area (Å²) in [6, 6.07) is 13.1.